The smallest absolute Gasteiger partial charge is 0.321 e. The van der Waals surface area contributed by atoms with Crippen molar-refractivity contribution < 1.29 is 15.0 Å². The maximum absolute atomic E-state index is 10.9. The van der Waals surface area contributed by atoms with E-state index in [0.717, 1.165) is 5.56 Å². The average molecular weight is 227 g/mol. The first kappa shape index (κ1) is 10.6. The summed E-state index contributed by atoms with van der Waals surface area (Å²) in [4.78, 5) is 12.8. The number of hydrogen-bond donors (Lipinski definition) is 2. The van der Waals surface area contributed by atoms with Crippen molar-refractivity contribution in [3.05, 3.63) is 22.4 Å². The summed E-state index contributed by atoms with van der Waals surface area (Å²) in [6.45, 7) is 1.06. The van der Waals surface area contributed by atoms with Gasteiger partial charge in [-0.2, -0.15) is 11.3 Å². The summed E-state index contributed by atoms with van der Waals surface area (Å²) in [6, 6.07) is 1.44. The van der Waals surface area contributed by atoms with E-state index in [1.807, 2.05) is 21.7 Å². The Hall–Kier alpha value is -0.910. The molecule has 2 heterocycles. The van der Waals surface area contributed by atoms with Crippen LogP contribution in [0.2, 0.25) is 0 Å². The molecule has 0 aliphatic carbocycles. The van der Waals surface area contributed by atoms with Crippen molar-refractivity contribution in [2.24, 2.45) is 0 Å². The van der Waals surface area contributed by atoms with Crippen molar-refractivity contribution in [3.63, 3.8) is 0 Å². The van der Waals surface area contributed by atoms with Crippen molar-refractivity contribution in [1.29, 1.82) is 0 Å². The van der Waals surface area contributed by atoms with Crippen molar-refractivity contribution in [2.45, 2.75) is 25.1 Å². The van der Waals surface area contributed by atoms with E-state index in [0.29, 0.717) is 19.5 Å². The van der Waals surface area contributed by atoms with Gasteiger partial charge >= 0.3 is 5.97 Å². The highest BCUT2D eigenvalue weighted by Gasteiger charge is 2.35. The fraction of sp³-hybridized carbons (Fsp3) is 0.500. The van der Waals surface area contributed by atoms with Crippen LogP contribution in [0.4, 0.5) is 0 Å². The number of rotatable bonds is 3. The number of carboxylic acid groups (broad SMARTS) is 1. The van der Waals surface area contributed by atoms with Crippen molar-refractivity contribution >= 4 is 17.3 Å². The summed E-state index contributed by atoms with van der Waals surface area (Å²) in [5, 5.41) is 22.4. The van der Waals surface area contributed by atoms with E-state index in [1.54, 1.807) is 11.3 Å². The molecule has 1 aliphatic rings. The molecule has 1 fully saturated rings. The molecule has 0 aromatic carbocycles. The first-order chi connectivity index (χ1) is 7.16. The Morgan fingerprint density at radius 3 is 3.07 bits per heavy atom. The molecule has 0 saturated carbocycles. The highest BCUT2D eigenvalue weighted by Crippen LogP contribution is 2.21. The van der Waals surface area contributed by atoms with Crippen molar-refractivity contribution in [1.82, 2.24) is 4.90 Å². The predicted molar refractivity (Wildman–Crippen MR) is 56.8 cm³/mol. The van der Waals surface area contributed by atoms with Crippen LogP contribution in [0.3, 0.4) is 0 Å². The molecule has 0 spiro atoms. The van der Waals surface area contributed by atoms with E-state index in [-0.39, 0.29) is 0 Å². The molecule has 5 heteroatoms. The maximum atomic E-state index is 10.9. The molecule has 15 heavy (non-hydrogen) atoms. The minimum atomic E-state index is -0.846. The zero-order valence-electron chi connectivity index (χ0n) is 8.17. The number of thiophene rings is 1. The van der Waals surface area contributed by atoms with Crippen molar-refractivity contribution in [3.8, 4) is 0 Å². The van der Waals surface area contributed by atoms with Crippen LogP contribution in [-0.2, 0) is 11.3 Å². The highest BCUT2D eigenvalue weighted by atomic mass is 32.1. The minimum Gasteiger partial charge on any atom is -0.480 e. The number of carbonyl (C=O) groups is 1. The topological polar surface area (TPSA) is 60.8 Å². The number of hydrogen-bond acceptors (Lipinski definition) is 4. The molecular weight excluding hydrogens is 214 g/mol. The molecule has 2 rings (SSSR count). The zero-order valence-corrected chi connectivity index (χ0v) is 8.98. The van der Waals surface area contributed by atoms with Gasteiger partial charge in [0.05, 0.1) is 6.10 Å². The second-order valence-electron chi connectivity index (χ2n) is 3.80. The lowest BCUT2D eigenvalue weighted by atomic mass is 10.2. The first-order valence-electron chi connectivity index (χ1n) is 4.83. The summed E-state index contributed by atoms with van der Waals surface area (Å²) in [6.07, 6.45) is -0.177. The van der Waals surface area contributed by atoms with E-state index in [2.05, 4.69) is 0 Å². The van der Waals surface area contributed by atoms with Crippen LogP contribution in [0.25, 0.3) is 0 Å². The maximum Gasteiger partial charge on any atom is 0.321 e. The molecule has 4 nitrogen and oxygen atoms in total. The molecular formula is C10H13NO3S. The summed E-state index contributed by atoms with van der Waals surface area (Å²) in [5.74, 6) is -0.846. The Morgan fingerprint density at radius 1 is 1.67 bits per heavy atom. The van der Waals surface area contributed by atoms with Gasteiger partial charge in [-0.3, -0.25) is 9.69 Å². The molecule has 2 atom stereocenters. The molecule has 2 N–H and O–H groups in total. The molecule has 0 radical (unpaired) electrons. The molecule has 1 aromatic rings. The molecule has 1 aliphatic heterocycles. The number of aliphatic hydroxyl groups is 1. The van der Waals surface area contributed by atoms with E-state index < -0.39 is 18.1 Å². The van der Waals surface area contributed by atoms with Crippen LogP contribution in [0.15, 0.2) is 16.8 Å². The highest BCUT2D eigenvalue weighted by molar-refractivity contribution is 7.07. The Kier molecular flexibility index (Phi) is 3.04. The molecule has 1 aromatic heterocycles. The average Bonchev–Trinajstić information content (AvgIpc) is 2.75. The number of aliphatic carboxylic acids is 1. The summed E-state index contributed by atoms with van der Waals surface area (Å²) in [5.41, 5.74) is 1.11. The van der Waals surface area contributed by atoms with Crippen LogP contribution >= 0.6 is 11.3 Å². The van der Waals surface area contributed by atoms with Gasteiger partial charge in [-0.15, -0.1) is 0 Å². The molecule has 0 bridgehead atoms. The zero-order chi connectivity index (χ0) is 10.8. The summed E-state index contributed by atoms with van der Waals surface area (Å²) >= 11 is 1.60. The Balaban J connectivity index is 2.04. The predicted octanol–water partition coefficient (Wildman–Crippen LogP) is 0.768. The molecule has 0 amide bonds. The van der Waals surface area contributed by atoms with Gasteiger partial charge in [0, 0.05) is 19.5 Å². The van der Waals surface area contributed by atoms with Gasteiger partial charge in [0.1, 0.15) is 6.04 Å². The Bertz CT molecular complexity index is 338. The standard InChI is InChI=1S/C10H13NO3S/c12-8-3-9(10(13)14)11(5-8)4-7-1-2-15-6-7/h1-2,6,8-9,12H,3-5H2,(H,13,14). The van der Waals surface area contributed by atoms with Crippen LogP contribution in [0, 0.1) is 0 Å². The quantitative estimate of drug-likeness (QED) is 0.800. The lowest BCUT2D eigenvalue weighted by molar-refractivity contribution is -0.142. The lowest BCUT2D eigenvalue weighted by Gasteiger charge is -2.19. The lowest BCUT2D eigenvalue weighted by Crippen LogP contribution is -2.35. The van der Waals surface area contributed by atoms with Gasteiger partial charge in [0.25, 0.3) is 0 Å². The second-order valence-corrected chi connectivity index (χ2v) is 4.58. The van der Waals surface area contributed by atoms with Crippen molar-refractivity contribution in [2.75, 3.05) is 6.54 Å². The number of aliphatic hydroxyl groups excluding tert-OH is 1. The van der Waals surface area contributed by atoms with Crippen LogP contribution in [0.5, 0.6) is 0 Å². The fourth-order valence-electron chi connectivity index (χ4n) is 1.93. The second kappa shape index (κ2) is 4.30. The number of nitrogens with zero attached hydrogens (tertiary/aromatic N) is 1. The van der Waals surface area contributed by atoms with Crippen LogP contribution in [-0.4, -0.2) is 39.8 Å². The summed E-state index contributed by atoms with van der Waals surface area (Å²) < 4.78 is 0. The molecule has 2 unspecified atom stereocenters. The largest absolute Gasteiger partial charge is 0.480 e. The van der Waals surface area contributed by atoms with Crippen LogP contribution < -0.4 is 0 Å². The van der Waals surface area contributed by atoms with Gasteiger partial charge in [-0.25, -0.2) is 0 Å². The Morgan fingerprint density at radius 2 is 2.47 bits per heavy atom. The molecule has 1 saturated heterocycles. The van der Waals surface area contributed by atoms with Crippen LogP contribution in [0.1, 0.15) is 12.0 Å². The van der Waals surface area contributed by atoms with E-state index in [9.17, 15) is 9.90 Å². The third-order valence-corrected chi connectivity index (χ3v) is 3.36. The molecule has 82 valence electrons. The van der Waals surface area contributed by atoms with E-state index in [1.165, 1.54) is 0 Å². The third kappa shape index (κ3) is 2.37. The SMILES string of the molecule is O=C(O)C1CC(O)CN1Cc1ccsc1. The number of β-amino-alcohol motifs (C(OH)–C–C–N with tert-alkyl or cyclic N) is 1. The van der Waals surface area contributed by atoms with Gasteiger partial charge in [-0.05, 0) is 22.4 Å². The number of likely N-dealkylation sites (tertiary alicyclic amines) is 1. The third-order valence-electron chi connectivity index (χ3n) is 2.63. The van der Waals surface area contributed by atoms with E-state index >= 15 is 0 Å². The van der Waals surface area contributed by atoms with Gasteiger partial charge in [0.15, 0.2) is 0 Å². The minimum absolute atomic E-state index is 0.333. The van der Waals surface area contributed by atoms with Gasteiger partial charge < -0.3 is 10.2 Å². The first-order valence-corrected chi connectivity index (χ1v) is 5.77. The van der Waals surface area contributed by atoms with Gasteiger partial charge in [-0.1, -0.05) is 0 Å². The monoisotopic (exact) mass is 227 g/mol. The number of carboxylic acids is 1. The normalized spacial score (nSPS) is 27.0. The Labute approximate surface area is 91.8 Å². The van der Waals surface area contributed by atoms with Gasteiger partial charge in [0.2, 0.25) is 0 Å². The van der Waals surface area contributed by atoms with E-state index in [4.69, 9.17) is 5.11 Å². The summed E-state index contributed by atoms with van der Waals surface area (Å²) in [7, 11) is 0. The fourth-order valence-corrected chi connectivity index (χ4v) is 2.59.